The standard InChI is InChI=1S/C14H12ClN3S/c15-9-6-11(16)14-12(7-9)17-13(18-14)8-19-10-4-2-1-3-5-10/h1-7H,8,16H2,(H,17,18). The van der Waals surface area contributed by atoms with Gasteiger partial charge in [0.25, 0.3) is 0 Å². The molecule has 2 aromatic carbocycles. The highest BCUT2D eigenvalue weighted by molar-refractivity contribution is 7.98. The van der Waals surface area contributed by atoms with Crippen molar-refractivity contribution < 1.29 is 0 Å². The first kappa shape index (κ1) is 12.4. The van der Waals surface area contributed by atoms with E-state index in [-0.39, 0.29) is 0 Å². The highest BCUT2D eigenvalue weighted by Gasteiger charge is 2.07. The summed E-state index contributed by atoms with van der Waals surface area (Å²) >= 11 is 7.70. The molecule has 3 rings (SSSR count). The second kappa shape index (κ2) is 5.15. The molecule has 0 radical (unpaired) electrons. The average molecular weight is 290 g/mol. The molecule has 0 amide bonds. The number of nitrogens with zero attached hydrogens (tertiary/aromatic N) is 1. The molecule has 0 saturated heterocycles. The molecule has 0 spiro atoms. The SMILES string of the molecule is Nc1cc(Cl)cc2[nH]c(CSc3ccccc3)nc12. The number of imidazole rings is 1. The predicted octanol–water partition coefficient (Wildman–Crippen LogP) is 4.09. The molecule has 0 aliphatic heterocycles. The van der Waals surface area contributed by atoms with E-state index in [9.17, 15) is 0 Å². The van der Waals surface area contributed by atoms with Gasteiger partial charge in [0.05, 0.1) is 17.0 Å². The maximum Gasteiger partial charge on any atom is 0.117 e. The van der Waals surface area contributed by atoms with Gasteiger partial charge >= 0.3 is 0 Å². The molecular formula is C14H12ClN3S. The Morgan fingerprint density at radius 2 is 2.00 bits per heavy atom. The Kier molecular flexibility index (Phi) is 3.36. The Balaban J connectivity index is 1.84. The topological polar surface area (TPSA) is 54.7 Å². The van der Waals surface area contributed by atoms with Crippen LogP contribution in [0.25, 0.3) is 11.0 Å². The Bertz CT molecular complexity index is 709. The lowest BCUT2D eigenvalue weighted by atomic mass is 10.3. The number of nitrogens with one attached hydrogen (secondary N) is 1. The number of halogens is 1. The smallest absolute Gasteiger partial charge is 0.117 e. The van der Waals surface area contributed by atoms with Crippen LogP contribution < -0.4 is 5.73 Å². The van der Waals surface area contributed by atoms with E-state index in [1.54, 1.807) is 17.8 Å². The molecule has 0 saturated carbocycles. The summed E-state index contributed by atoms with van der Waals surface area (Å²) in [6.45, 7) is 0. The fraction of sp³-hybridized carbons (Fsp3) is 0.0714. The fourth-order valence-corrected chi connectivity index (χ4v) is 2.91. The summed E-state index contributed by atoms with van der Waals surface area (Å²) in [6.07, 6.45) is 0. The van der Waals surface area contributed by atoms with E-state index in [2.05, 4.69) is 22.1 Å². The lowest BCUT2D eigenvalue weighted by Gasteiger charge is -1.97. The molecule has 0 fully saturated rings. The molecule has 0 atom stereocenters. The molecule has 1 heterocycles. The number of hydrogen-bond acceptors (Lipinski definition) is 3. The third-order valence-corrected chi connectivity index (χ3v) is 3.99. The van der Waals surface area contributed by atoms with Gasteiger partial charge in [0.15, 0.2) is 0 Å². The number of nitrogens with two attached hydrogens (primary N) is 1. The Morgan fingerprint density at radius 1 is 1.21 bits per heavy atom. The molecule has 19 heavy (non-hydrogen) atoms. The minimum absolute atomic E-state index is 0.606. The molecule has 3 N–H and O–H groups in total. The van der Waals surface area contributed by atoms with Crippen LogP contribution in [0, 0.1) is 0 Å². The van der Waals surface area contributed by atoms with Gasteiger partial charge in [0.2, 0.25) is 0 Å². The predicted molar refractivity (Wildman–Crippen MR) is 81.5 cm³/mol. The van der Waals surface area contributed by atoms with Crippen LogP contribution in [-0.2, 0) is 5.75 Å². The van der Waals surface area contributed by atoms with Crippen molar-refractivity contribution in [2.75, 3.05) is 5.73 Å². The van der Waals surface area contributed by atoms with Crippen molar-refractivity contribution >= 4 is 40.1 Å². The molecule has 0 unspecified atom stereocenters. The van der Waals surface area contributed by atoms with E-state index in [4.69, 9.17) is 17.3 Å². The number of aromatic nitrogens is 2. The molecule has 96 valence electrons. The van der Waals surface area contributed by atoms with Crippen molar-refractivity contribution in [1.82, 2.24) is 9.97 Å². The van der Waals surface area contributed by atoms with Gasteiger partial charge in [-0.05, 0) is 24.3 Å². The number of aromatic amines is 1. The molecule has 0 aliphatic rings. The summed E-state index contributed by atoms with van der Waals surface area (Å²) in [5.41, 5.74) is 8.18. The van der Waals surface area contributed by atoms with Crippen LogP contribution >= 0.6 is 23.4 Å². The normalized spacial score (nSPS) is 11.0. The van der Waals surface area contributed by atoms with E-state index in [1.165, 1.54) is 4.90 Å². The minimum atomic E-state index is 0.606. The lowest BCUT2D eigenvalue weighted by Crippen LogP contribution is -1.86. The van der Waals surface area contributed by atoms with Crippen LogP contribution in [0.2, 0.25) is 5.02 Å². The second-order valence-electron chi connectivity index (χ2n) is 4.18. The quantitative estimate of drug-likeness (QED) is 0.564. The first-order chi connectivity index (χ1) is 9.22. The zero-order valence-corrected chi connectivity index (χ0v) is 11.6. The largest absolute Gasteiger partial charge is 0.397 e. The van der Waals surface area contributed by atoms with Gasteiger partial charge in [-0.1, -0.05) is 29.8 Å². The summed E-state index contributed by atoms with van der Waals surface area (Å²) in [7, 11) is 0. The highest BCUT2D eigenvalue weighted by atomic mass is 35.5. The third kappa shape index (κ3) is 2.69. The molecule has 5 heteroatoms. The van der Waals surface area contributed by atoms with Crippen LogP contribution in [0.1, 0.15) is 5.82 Å². The number of anilines is 1. The van der Waals surface area contributed by atoms with Gasteiger partial charge in [-0.3, -0.25) is 0 Å². The van der Waals surface area contributed by atoms with Crippen molar-refractivity contribution in [3.63, 3.8) is 0 Å². The number of rotatable bonds is 3. The minimum Gasteiger partial charge on any atom is -0.397 e. The Morgan fingerprint density at radius 3 is 2.79 bits per heavy atom. The zero-order valence-electron chi connectivity index (χ0n) is 10.1. The highest BCUT2D eigenvalue weighted by Crippen LogP contribution is 2.26. The first-order valence-electron chi connectivity index (χ1n) is 5.84. The molecule has 3 aromatic rings. The summed E-state index contributed by atoms with van der Waals surface area (Å²) in [5, 5.41) is 0.621. The Hall–Kier alpha value is -1.65. The van der Waals surface area contributed by atoms with Crippen molar-refractivity contribution in [2.45, 2.75) is 10.6 Å². The third-order valence-electron chi connectivity index (χ3n) is 2.75. The van der Waals surface area contributed by atoms with Gasteiger partial charge in [0, 0.05) is 9.92 Å². The van der Waals surface area contributed by atoms with E-state index < -0.39 is 0 Å². The number of hydrogen-bond donors (Lipinski definition) is 2. The van der Waals surface area contributed by atoms with Gasteiger partial charge in [-0.15, -0.1) is 11.8 Å². The van der Waals surface area contributed by atoms with Crippen molar-refractivity contribution in [2.24, 2.45) is 0 Å². The molecule has 3 nitrogen and oxygen atoms in total. The molecular weight excluding hydrogens is 278 g/mol. The lowest BCUT2D eigenvalue weighted by molar-refractivity contribution is 1.14. The number of thioether (sulfide) groups is 1. The number of benzene rings is 2. The van der Waals surface area contributed by atoms with Crippen LogP contribution in [0.5, 0.6) is 0 Å². The van der Waals surface area contributed by atoms with Gasteiger partial charge in [-0.2, -0.15) is 0 Å². The number of fused-ring (bicyclic) bond motifs is 1. The molecule has 0 aliphatic carbocycles. The maximum atomic E-state index is 5.97. The molecule has 0 bridgehead atoms. The van der Waals surface area contributed by atoms with Crippen LogP contribution in [0.4, 0.5) is 5.69 Å². The van der Waals surface area contributed by atoms with Crippen LogP contribution in [-0.4, -0.2) is 9.97 Å². The first-order valence-corrected chi connectivity index (χ1v) is 7.20. The Labute approximate surface area is 120 Å². The number of nitrogen functional groups attached to an aromatic ring is 1. The van der Waals surface area contributed by atoms with Crippen molar-refractivity contribution in [3.05, 3.63) is 53.3 Å². The van der Waals surface area contributed by atoms with Gasteiger partial charge in [-0.25, -0.2) is 4.98 Å². The monoisotopic (exact) mass is 289 g/mol. The van der Waals surface area contributed by atoms with E-state index in [1.807, 2.05) is 24.3 Å². The van der Waals surface area contributed by atoms with E-state index in [0.29, 0.717) is 10.7 Å². The van der Waals surface area contributed by atoms with Crippen LogP contribution in [0.15, 0.2) is 47.4 Å². The van der Waals surface area contributed by atoms with E-state index >= 15 is 0 Å². The van der Waals surface area contributed by atoms with Gasteiger partial charge < -0.3 is 10.7 Å². The zero-order chi connectivity index (χ0) is 13.2. The summed E-state index contributed by atoms with van der Waals surface area (Å²) in [4.78, 5) is 8.98. The summed E-state index contributed by atoms with van der Waals surface area (Å²) in [5.74, 6) is 1.67. The second-order valence-corrected chi connectivity index (χ2v) is 5.66. The summed E-state index contributed by atoms with van der Waals surface area (Å²) < 4.78 is 0. The van der Waals surface area contributed by atoms with Crippen molar-refractivity contribution in [1.29, 1.82) is 0 Å². The molecule has 1 aromatic heterocycles. The van der Waals surface area contributed by atoms with Gasteiger partial charge in [0.1, 0.15) is 11.3 Å². The van der Waals surface area contributed by atoms with Crippen molar-refractivity contribution in [3.8, 4) is 0 Å². The van der Waals surface area contributed by atoms with E-state index in [0.717, 1.165) is 22.6 Å². The fourth-order valence-electron chi connectivity index (χ4n) is 1.90. The average Bonchev–Trinajstić information content (AvgIpc) is 2.81. The maximum absolute atomic E-state index is 5.97. The summed E-state index contributed by atoms with van der Waals surface area (Å²) in [6, 6.07) is 13.8. The van der Waals surface area contributed by atoms with Crippen LogP contribution in [0.3, 0.4) is 0 Å². The number of H-pyrrole nitrogens is 1.